The van der Waals surface area contributed by atoms with Gasteiger partial charge in [0.15, 0.2) is 11.4 Å². The largest absolute Gasteiger partial charge is 0.573 e. The second kappa shape index (κ2) is 7.60. The molecule has 0 aromatic carbocycles. The molecule has 2 rings (SSSR count). The molecule has 0 unspecified atom stereocenters. The van der Waals surface area contributed by atoms with Crippen LogP contribution in [0.4, 0.5) is 13.2 Å². The van der Waals surface area contributed by atoms with Crippen LogP contribution in [0.25, 0.3) is 5.65 Å². The third kappa shape index (κ3) is 5.15. The molecule has 4 nitrogen and oxygen atoms in total. The van der Waals surface area contributed by atoms with E-state index in [0.717, 1.165) is 0 Å². The van der Waals surface area contributed by atoms with Crippen LogP contribution in [0.2, 0.25) is 0 Å². The Balaban J connectivity index is 0.000000741. The van der Waals surface area contributed by atoms with Crippen molar-refractivity contribution in [2.45, 2.75) is 41.0 Å². The number of aryl methyl sites for hydroxylation is 1. The van der Waals surface area contributed by atoms with Crippen molar-refractivity contribution in [2.24, 2.45) is 0 Å². The van der Waals surface area contributed by atoms with Crippen molar-refractivity contribution in [3.63, 3.8) is 0 Å². The molecule has 0 aliphatic carbocycles. The van der Waals surface area contributed by atoms with Crippen LogP contribution in [0.15, 0.2) is 18.5 Å². The molecule has 0 bridgehead atoms. The zero-order chi connectivity index (χ0) is 15.1. The Kier molecular flexibility index (Phi) is 6.89. The molecule has 0 saturated heterocycles. The van der Waals surface area contributed by atoms with E-state index in [-0.39, 0.29) is 11.4 Å². The third-order valence-corrected chi connectivity index (χ3v) is 1.67. The summed E-state index contributed by atoms with van der Waals surface area (Å²) >= 11 is 0. The summed E-state index contributed by atoms with van der Waals surface area (Å²) in [5.41, 5.74) is 0.456. The number of fused-ring (bicyclic) bond motifs is 1. The summed E-state index contributed by atoms with van der Waals surface area (Å²) in [5, 5.41) is 3.93. The van der Waals surface area contributed by atoms with Gasteiger partial charge in [-0.1, -0.05) is 27.7 Å². The van der Waals surface area contributed by atoms with Crippen LogP contribution >= 0.6 is 0 Å². The molecule has 0 radical (unpaired) electrons. The fraction of sp³-hybridized carbons (Fsp3) is 0.500. The van der Waals surface area contributed by atoms with Gasteiger partial charge in [-0.25, -0.2) is 9.50 Å². The first-order valence-corrected chi connectivity index (χ1v) is 6.02. The highest BCUT2D eigenvalue weighted by Crippen LogP contribution is 2.26. The molecule has 0 aliphatic rings. The highest BCUT2D eigenvalue weighted by Gasteiger charge is 2.32. The van der Waals surface area contributed by atoms with Crippen molar-refractivity contribution in [3.05, 3.63) is 24.2 Å². The summed E-state index contributed by atoms with van der Waals surface area (Å²) in [6.45, 7) is 9.57. The van der Waals surface area contributed by atoms with E-state index in [1.165, 1.54) is 23.0 Å². The Labute approximate surface area is 110 Å². The van der Waals surface area contributed by atoms with Crippen LogP contribution in [-0.2, 0) is 0 Å². The minimum absolute atomic E-state index is 0.0397. The molecule has 0 atom stereocenters. The second-order valence-electron chi connectivity index (χ2n) is 2.89. The number of ether oxygens (including phenoxy) is 1. The number of alkyl halides is 3. The van der Waals surface area contributed by atoms with E-state index in [4.69, 9.17) is 0 Å². The van der Waals surface area contributed by atoms with Gasteiger partial charge in [0.25, 0.3) is 0 Å². The van der Waals surface area contributed by atoms with Gasteiger partial charge in [0, 0.05) is 18.5 Å². The number of imidazole rings is 1. The molecular weight excluding hydrogens is 259 g/mol. The highest BCUT2D eigenvalue weighted by molar-refractivity contribution is 5.52. The number of hydrogen-bond donors (Lipinski definition) is 0. The molecule has 7 heteroatoms. The van der Waals surface area contributed by atoms with Gasteiger partial charge < -0.3 is 4.74 Å². The van der Waals surface area contributed by atoms with Gasteiger partial charge in [-0.3, -0.25) is 0 Å². The van der Waals surface area contributed by atoms with Crippen molar-refractivity contribution >= 4 is 5.65 Å². The normalized spacial score (nSPS) is 10.1. The van der Waals surface area contributed by atoms with E-state index in [0.29, 0.717) is 5.69 Å². The van der Waals surface area contributed by atoms with Gasteiger partial charge >= 0.3 is 6.36 Å². The zero-order valence-corrected chi connectivity index (χ0v) is 11.6. The van der Waals surface area contributed by atoms with Crippen molar-refractivity contribution < 1.29 is 17.9 Å². The van der Waals surface area contributed by atoms with E-state index in [9.17, 15) is 13.2 Å². The number of hydrogen-bond acceptors (Lipinski definition) is 3. The van der Waals surface area contributed by atoms with Crippen molar-refractivity contribution in [1.82, 2.24) is 14.6 Å². The molecule has 0 amide bonds. The Hall–Kier alpha value is -1.79. The second-order valence-corrected chi connectivity index (χ2v) is 2.89. The summed E-state index contributed by atoms with van der Waals surface area (Å²) in [7, 11) is 0. The molecule has 2 heterocycles. The van der Waals surface area contributed by atoms with Gasteiger partial charge in [0.05, 0.1) is 5.69 Å². The molecule has 0 spiro atoms. The lowest BCUT2D eigenvalue weighted by molar-refractivity contribution is -0.274. The number of halogens is 3. The first-order valence-electron chi connectivity index (χ1n) is 6.02. The van der Waals surface area contributed by atoms with E-state index in [2.05, 4.69) is 14.8 Å². The predicted octanol–water partition coefficient (Wildman–Crippen LogP) is 3.99. The minimum Gasteiger partial charge on any atom is -0.402 e. The van der Waals surface area contributed by atoms with Crippen LogP contribution < -0.4 is 4.74 Å². The maximum atomic E-state index is 12.0. The maximum Gasteiger partial charge on any atom is 0.573 e. The average Bonchev–Trinajstić information content (AvgIpc) is 2.80. The lowest BCUT2D eigenvalue weighted by Crippen LogP contribution is -2.18. The SMILES string of the molecule is CC.CC.Cc1cc(OC(F)(F)F)c2nccn2n1. The molecule has 19 heavy (non-hydrogen) atoms. The van der Waals surface area contributed by atoms with E-state index < -0.39 is 6.36 Å². The Morgan fingerprint density at radius 3 is 2.26 bits per heavy atom. The summed E-state index contributed by atoms with van der Waals surface area (Å²) in [6, 6.07) is 1.19. The van der Waals surface area contributed by atoms with E-state index in [1.54, 1.807) is 6.92 Å². The topological polar surface area (TPSA) is 39.4 Å². The molecule has 2 aromatic rings. The van der Waals surface area contributed by atoms with Crippen LogP contribution in [0.5, 0.6) is 5.75 Å². The lowest BCUT2D eigenvalue weighted by Gasteiger charge is -2.09. The van der Waals surface area contributed by atoms with Crippen LogP contribution in [-0.4, -0.2) is 21.0 Å². The van der Waals surface area contributed by atoms with Crippen LogP contribution in [0.1, 0.15) is 33.4 Å². The Morgan fingerprint density at radius 2 is 1.74 bits per heavy atom. The summed E-state index contributed by atoms with van der Waals surface area (Å²) in [5.74, 6) is -0.347. The fourth-order valence-corrected chi connectivity index (χ4v) is 1.21. The van der Waals surface area contributed by atoms with E-state index in [1.807, 2.05) is 27.7 Å². The molecular formula is C12H18F3N3O. The Bertz CT molecular complexity index is 494. The summed E-state index contributed by atoms with van der Waals surface area (Å²) < 4.78 is 41.1. The quantitative estimate of drug-likeness (QED) is 0.791. The molecule has 2 aromatic heterocycles. The fourth-order valence-electron chi connectivity index (χ4n) is 1.21. The molecule has 0 N–H and O–H groups in total. The van der Waals surface area contributed by atoms with Crippen LogP contribution in [0, 0.1) is 6.92 Å². The van der Waals surface area contributed by atoms with Crippen molar-refractivity contribution in [2.75, 3.05) is 0 Å². The average molecular weight is 277 g/mol. The lowest BCUT2D eigenvalue weighted by atomic mass is 10.4. The van der Waals surface area contributed by atoms with Gasteiger partial charge in [-0.05, 0) is 6.92 Å². The number of rotatable bonds is 1. The molecule has 0 aliphatic heterocycles. The van der Waals surface area contributed by atoms with Crippen molar-refractivity contribution in [3.8, 4) is 5.75 Å². The zero-order valence-electron chi connectivity index (χ0n) is 11.6. The predicted molar refractivity (Wildman–Crippen MR) is 67.1 cm³/mol. The van der Waals surface area contributed by atoms with Crippen LogP contribution in [0.3, 0.4) is 0 Å². The highest BCUT2D eigenvalue weighted by atomic mass is 19.4. The smallest absolute Gasteiger partial charge is 0.402 e. The number of nitrogens with zero attached hydrogens (tertiary/aromatic N) is 3. The van der Waals surface area contributed by atoms with Crippen molar-refractivity contribution in [1.29, 1.82) is 0 Å². The van der Waals surface area contributed by atoms with E-state index >= 15 is 0 Å². The Morgan fingerprint density at radius 1 is 1.16 bits per heavy atom. The first kappa shape index (κ1) is 17.2. The van der Waals surface area contributed by atoms with Gasteiger partial charge in [0.2, 0.25) is 0 Å². The number of aromatic nitrogens is 3. The molecule has 0 saturated carbocycles. The van der Waals surface area contributed by atoms with Gasteiger partial charge in [-0.15, -0.1) is 13.2 Å². The molecule has 108 valence electrons. The summed E-state index contributed by atoms with van der Waals surface area (Å²) in [6.07, 6.45) is -1.92. The minimum atomic E-state index is -4.72. The van der Waals surface area contributed by atoms with Gasteiger partial charge in [-0.2, -0.15) is 5.10 Å². The standard InChI is InChI=1S/C8H6F3N3O.2C2H6/c1-5-4-6(15-8(9,10)11)7-12-2-3-14(7)13-5;2*1-2/h2-4H,1H3;2*1-2H3. The molecule has 0 fully saturated rings. The monoisotopic (exact) mass is 277 g/mol. The summed E-state index contributed by atoms with van der Waals surface area (Å²) in [4.78, 5) is 3.72. The third-order valence-electron chi connectivity index (χ3n) is 1.67. The van der Waals surface area contributed by atoms with Gasteiger partial charge in [0.1, 0.15) is 0 Å². The maximum absolute atomic E-state index is 12.0. The first-order chi connectivity index (χ1) is 8.96.